The van der Waals surface area contributed by atoms with Crippen LogP contribution in [0.15, 0.2) is 71.7 Å². The summed E-state index contributed by atoms with van der Waals surface area (Å²) in [5.74, 6) is -2.40. The Hall–Kier alpha value is -6.10. The summed E-state index contributed by atoms with van der Waals surface area (Å²) in [6.45, 7) is 38.2. The number of carbonyl (C=O) groups is 4. The number of hydrogen-bond donors (Lipinski definition) is 9. The summed E-state index contributed by atoms with van der Waals surface area (Å²) in [6.07, 6.45) is 27.5. The van der Waals surface area contributed by atoms with Crippen LogP contribution in [0.5, 0.6) is 0 Å². The van der Waals surface area contributed by atoms with Crippen LogP contribution in [-0.2, 0) is 81.3 Å². The maximum absolute atomic E-state index is 13.7. The SMILES string of the molecule is CC1(C)CCC(N2CCC(C(N)(CCCCB(O)O)C(=O)O)CC2)c2c[nH]c(=O)cc21.CCOC(=O)C(N)(CCCCB1OC(C)(C)C(C)(C)O1)C1CCN(C2CCc3cc(F)ccc32)CC1.CNC(CCCCB1OC(C)(C)C(C)(C)O1)(C(=O)O)C1CCN(C2CCc3cc(F)ccc32)CC1.CNC(CCCCB1OC(C)(C)C(C)(C)O1)(C(=O)OC)C1CCN(C2CCc3cc(F)ccc32)CC1. The number of methoxy groups -OCH3 is 1. The molecule has 0 spiro atoms. The first-order valence-electron chi connectivity index (χ1n) is 52.2. The molecule has 7 fully saturated rings. The van der Waals surface area contributed by atoms with E-state index in [1.54, 1.807) is 49.5 Å². The molecule has 8 heterocycles. The molecule has 0 bridgehead atoms. The standard InChI is InChI=1S/2C28H44BFN2O4.C27H42BFN2O4.C22H36BN3O5/c1-26(2)27(3,4)36-29(35-26)16-8-7-15-28(31-5,25(33)34-6)21-13-17-32(18-14-21)24-12-9-20-19-22(30)10-11-23(20)24;1-6-34-25(33)28(31,15-7-8-16-29-35-26(2,3)27(4,5)36-29)21-13-17-32(18-14-21)24-12-9-20-19-22(30)10-11-23(20)24;1-25(2)26(3,4)35-28(34-25)15-7-6-14-27(30-5,24(32)33)20-12-16-31(17-13-20)23-11-8-19-18-21(29)9-10-22(19)23;1-21(2)9-5-18(16-14-25-19(27)13-17(16)21)26-11-6-15(7-12-26)22(24,20(28)29)8-3-4-10-23(30)31/h10-11,19,21,24,31H,7-9,12-18H2,1-6H3;10-11,19,21,24H,6-9,12-18,31H2,1-5H3;9-10,18,20,23,30H,6-8,11-17H2,1-5H3,(H,32,33);13-15,18,30-31H,3-12,24H2,1-2H3,(H,25,27)(H,28,29). The molecule has 8 atom stereocenters. The van der Waals surface area contributed by atoms with Crippen molar-refractivity contribution in [1.29, 1.82) is 0 Å². The Labute approximate surface area is 821 Å². The molecule has 138 heavy (non-hydrogen) atoms. The van der Waals surface area contributed by atoms with E-state index in [1.165, 1.54) is 29.4 Å². The lowest BCUT2D eigenvalue weighted by molar-refractivity contribution is -0.154. The van der Waals surface area contributed by atoms with Gasteiger partial charge < -0.3 is 84.7 Å². The lowest BCUT2D eigenvalue weighted by Crippen LogP contribution is -2.59. The number of carboxylic acids is 2. The Balaban J connectivity index is 0.000000165. The van der Waals surface area contributed by atoms with Gasteiger partial charge in [-0.15, -0.1) is 0 Å². The van der Waals surface area contributed by atoms with Crippen LogP contribution in [-0.4, -0.2) is 233 Å². The largest absolute Gasteiger partial charge is 0.480 e. The minimum Gasteiger partial charge on any atom is -0.480 e. The summed E-state index contributed by atoms with van der Waals surface area (Å²) in [5.41, 5.74) is 16.8. The zero-order valence-corrected chi connectivity index (χ0v) is 86.4. The summed E-state index contributed by atoms with van der Waals surface area (Å²) in [5, 5.41) is 44.8. The predicted molar refractivity (Wildman–Crippen MR) is 536 cm³/mol. The number of halogens is 3. The van der Waals surface area contributed by atoms with Crippen molar-refractivity contribution in [3.05, 3.63) is 139 Å². The van der Waals surface area contributed by atoms with Gasteiger partial charge in [0.1, 0.15) is 39.6 Å². The smallest absolute Gasteiger partial charge is 0.457 e. The molecule has 1 aromatic heterocycles. The number of nitrogens with zero attached hydrogens (tertiary/aromatic N) is 4. The molecule has 7 aliphatic heterocycles. The summed E-state index contributed by atoms with van der Waals surface area (Å²) in [4.78, 5) is 75.4. The van der Waals surface area contributed by atoms with Gasteiger partial charge in [-0.05, 0) is 420 Å². The van der Waals surface area contributed by atoms with Crippen LogP contribution >= 0.6 is 0 Å². The van der Waals surface area contributed by atoms with E-state index in [4.69, 9.17) is 58.9 Å². The number of unbranched alkanes of at least 4 members (excludes halogenated alkanes) is 4. The van der Waals surface area contributed by atoms with Crippen LogP contribution in [0.2, 0.25) is 25.3 Å². The number of ether oxygens (including phenoxy) is 2. The third-order valence-electron chi connectivity index (χ3n) is 35.2. The number of fused-ring (bicyclic) bond motifs is 4. The molecule has 11 aliphatic rings. The van der Waals surface area contributed by atoms with Gasteiger partial charge >= 0.3 is 52.4 Å². The summed E-state index contributed by atoms with van der Waals surface area (Å²) < 4.78 is 88.5. The molecular formula is C105H166B4F3N9O17. The zero-order chi connectivity index (χ0) is 101. The number of carbonyl (C=O) groups excluding carboxylic acids is 2. The number of aliphatic carboxylic acids is 2. The van der Waals surface area contributed by atoms with E-state index >= 15 is 0 Å². The predicted octanol–water partition coefficient (Wildman–Crippen LogP) is 16.4. The second-order valence-electron chi connectivity index (χ2n) is 45.4. The topological polar surface area (TPSA) is 345 Å². The molecule has 4 aromatic rings. The quantitative estimate of drug-likeness (QED) is 0.0117. The van der Waals surface area contributed by atoms with Gasteiger partial charge in [0.05, 0.1) is 47.3 Å². The fraction of sp³-hybridized carbons (Fsp3) is 0.743. The third kappa shape index (κ3) is 25.2. The minimum absolute atomic E-state index is 0.0315. The van der Waals surface area contributed by atoms with Gasteiger partial charge in [0.2, 0.25) is 5.56 Å². The highest BCUT2D eigenvalue weighted by Gasteiger charge is 2.56. The Kier molecular flexibility index (Phi) is 37.0. The number of aromatic amines is 1. The van der Waals surface area contributed by atoms with Crippen molar-refractivity contribution < 1.29 is 90.0 Å². The number of H-pyrrole nitrogens is 1. The average molecular weight is 1930 g/mol. The Morgan fingerprint density at radius 3 is 1.14 bits per heavy atom. The molecule has 33 heteroatoms. The number of likely N-dealkylation sites (N-methyl/N-ethyl adjacent to an activating group) is 2. The Bertz CT molecular complexity index is 4740. The molecule has 766 valence electrons. The number of nitrogens with one attached hydrogen (secondary N) is 3. The number of nitrogens with two attached hydrogens (primary N) is 2. The molecule has 7 saturated heterocycles. The van der Waals surface area contributed by atoms with Gasteiger partial charge in [-0.25, -0.2) is 13.2 Å². The third-order valence-corrected chi connectivity index (χ3v) is 35.2. The summed E-state index contributed by atoms with van der Waals surface area (Å²) in [7, 11) is 3.13. The van der Waals surface area contributed by atoms with E-state index in [9.17, 15) is 47.4 Å². The van der Waals surface area contributed by atoms with E-state index in [-0.39, 0.29) is 131 Å². The molecule has 3 aromatic carbocycles. The maximum Gasteiger partial charge on any atom is 0.457 e. The van der Waals surface area contributed by atoms with Crippen molar-refractivity contribution in [3.8, 4) is 0 Å². The van der Waals surface area contributed by atoms with E-state index < -0.39 is 41.2 Å². The van der Waals surface area contributed by atoms with Gasteiger partial charge in [-0.3, -0.25) is 43.6 Å². The highest BCUT2D eigenvalue weighted by molar-refractivity contribution is 6.46. The normalized spacial score (nSPS) is 25.2. The molecule has 15 rings (SSSR count). The number of esters is 2. The van der Waals surface area contributed by atoms with Gasteiger partial charge in [0.25, 0.3) is 0 Å². The number of carboxylic acid groups (broad SMARTS) is 2. The summed E-state index contributed by atoms with van der Waals surface area (Å²) in [6, 6.07) is 18.5. The van der Waals surface area contributed by atoms with Crippen LogP contribution in [0.25, 0.3) is 0 Å². The number of pyridine rings is 1. The lowest BCUT2D eigenvalue weighted by Gasteiger charge is -2.46. The number of piperidine rings is 4. The number of aromatic nitrogens is 1. The number of aryl methyl sites for hydroxylation is 3. The highest BCUT2D eigenvalue weighted by atomic mass is 19.1. The van der Waals surface area contributed by atoms with E-state index in [1.807, 2.05) is 38.4 Å². The van der Waals surface area contributed by atoms with Crippen molar-refractivity contribution >= 4 is 52.4 Å². The number of benzene rings is 3. The Morgan fingerprint density at radius 2 is 0.790 bits per heavy atom. The van der Waals surface area contributed by atoms with Crippen molar-refractivity contribution in [2.45, 2.75) is 394 Å². The molecule has 4 aliphatic carbocycles. The second-order valence-corrected chi connectivity index (χ2v) is 45.4. The fourth-order valence-electron chi connectivity index (χ4n) is 24.6. The van der Waals surface area contributed by atoms with Crippen LogP contribution in [0, 0.1) is 41.1 Å². The lowest BCUT2D eigenvalue weighted by atomic mass is 9.70. The highest BCUT2D eigenvalue weighted by Crippen LogP contribution is 2.50. The number of hydrogen-bond acceptors (Lipinski definition) is 23. The Morgan fingerprint density at radius 1 is 0.457 bits per heavy atom. The monoisotopic (exact) mass is 1930 g/mol. The van der Waals surface area contributed by atoms with Gasteiger partial charge in [-0.1, -0.05) is 83.4 Å². The molecule has 0 saturated carbocycles. The second kappa shape index (κ2) is 46.1. The first-order chi connectivity index (χ1) is 65.0. The van der Waals surface area contributed by atoms with E-state index in [0.29, 0.717) is 69.7 Å². The van der Waals surface area contributed by atoms with E-state index in [0.717, 1.165) is 228 Å². The molecule has 26 nitrogen and oxygen atoms in total. The molecular weight excluding hydrogens is 1760 g/mol. The van der Waals surface area contributed by atoms with Crippen LogP contribution in [0.3, 0.4) is 0 Å². The maximum atomic E-state index is 13.7. The van der Waals surface area contributed by atoms with Crippen molar-refractivity contribution in [2.75, 3.05) is 80.2 Å². The molecule has 11 N–H and O–H groups in total. The number of rotatable bonds is 35. The molecule has 0 radical (unpaired) electrons. The van der Waals surface area contributed by atoms with Gasteiger partial charge in [-0.2, -0.15) is 0 Å². The van der Waals surface area contributed by atoms with Crippen LogP contribution in [0.4, 0.5) is 13.2 Å². The van der Waals surface area contributed by atoms with Crippen molar-refractivity contribution in [2.24, 2.45) is 35.1 Å². The van der Waals surface area contributed by atoms with E-state index in [2.05, 4.69) is 132 Å². The number of likely N-dealkylation sites (tertiary alicyclic amines) is 4. The fourth-order valence-corrected chi connectivity index (χ4v) is 24.6. The van der Waals surface area contributed by atoms with Crippen LogP contribution < -0.4 is 27.7 Å². The first-order valence-corrected chi connectivity index (χ1v) is 52.2. The van der Waals surface area contributed by atoms with Crippen molar-refractivity contribution in [3.63, 3.8) is 0 Å². The van der Waals surface area contributed by atoms with Crippen molar-refractivity contribution in [1.82, 2.24) is 35.2 Å². The van der Waals surface area contributed by atoms with Crippen LogP contribution in [0.1, 0.15) is 333 Å². The average Bonchev–Trinajstić information content (AvgIpc) is 1.29. The van der Waals surface area contributed by atoms with Gasteiger partial charge in [0.15, 0.2) is 0 Å². The summed E-state index contributed by atoms with van der Waals surface area (Å²) >= 11 is 0. The molecule has 8 unspecified atom stereocenters. The molecule has 0 amide bonds. The van der Waals surface area contributed by atoms with Gasteiger partial charge in [0, 0.05) is 36.4 Å². The minimum atomic E-state index is -1.36. The first kappa shape index (κ1) is 111. The zero-order valence-electron chi connectivity index (χ0n) is 86.4.